The van der Waals surface area contributed by atoms with Crippen molar-refractivity contribution >= 4 is 9.84 Å². The topological polar surface area (TPSA) is 49.4 Å². The maximum absolute atomic E-state index is 11.3. The summed E-state index contributed by atoms with van der Waals surface area (Å²) in [6.45, 7) is 3.24. The van der Waals surface area contributed by atoms with Gasteiger partial charge in [-0.1, -0.05) is 6.92 Å². The fourth-order valence-corrected chi connectivity index (χ4v) is 4.87. The summed E-state index contributed by atoms with van der Waals surface area (Å²) in [5.41, 5.74) is 0. The minimum Gasteiger partial charge on any atom is -0.314 e. The lowest BCUT2D eigenvalue weighted by atomic mass is 9.83. The molecule has 0 radical (unpaired) electrons. The summed E-state index contributed by atoms with van der Waals surface area (Å²) in [6, 6.07) is 2.02. The molecule has 0 aromatic carbocycles. The van der Waals surface area contributed by atoms with Gasteiger partial charge in [0.15, 0.2) is 0 Å². The standard InChI is InChI=1S/C16H32N2O2S/c1-4-9-17-16(6-5-10-21(3,19)20)13-11-14-7-8-15(12-13)18(14)2/h13-17H,4-12H2,1-3H3. The highest BCUT2D eigenvalue weighted by atomic mass is 32.2. The zero-order chi connectivity index (χ0) is 15.5. The first-order chi connectivity index (χ1) is 9.90. The van der Waals surface area contributed by atoms with Crippen LogP contribution in [-0.4, -0.2) is 57.0 Å². The lowest BCUT2D eigenvalue weighted by Gasteiger charge is -2.40. The maximum atomic E-state index is 11.3. The van der Waals surface area contributed by atoms with Crippen LogP contribution in [0.15, 0.2) is 0 Å². The van der Waals surface area contributed by atoms with Crippen molar-refractivity contribution < 1.29 is 8.42 Å². The SMILES string of the molecule is CCCNC(CCCS(C)(=O)=O)C1CC2CCC(C1)N2C. The molecule has 0 spiro atoms. The molecule has 2 saturated heterocycles. The molecule has 2 aliphatic rings. The van der Waals surface area contributed by atoms with Gasteiger partial charge in [0, 0.05) is 30.1 Å². The van der Waals surface area contributed by atoms with Crippen LogP contribution in [0.4, 0.5) is 0 Å². The number of piperidine rings is 1. The smallest absolute Gasteiger partial charge is 0.147 e. The van der Waals surface area contributed by atoms with Crippen molar-refractivity contribution in [3.8, 4) is 0 Å². The van der Waals surface area contributed by atoms with E-state index in [2.05, 4.69) is 24.2 Å². The van der Waals surface area contributed by atoms with E-state index in [-0.39, 0.29) is 0 Å². The molecule has 4 nitrogen and oxygen atoms in total. The monoisotopic (exact) mass is 316 g/mol. The van der Waals surface area contributed by atoms with E-state index in [4.69, 9.17) is 0 Å². The molecule has 0 aliphatic carbocycles. The van der Waals surface area contributed by atoms with Crippen LogP contribution in [0.5, 0.6) is 0 Å². The summed E-state index contributed by atoms with van der Waals surface area (Å²) >= 11 is 0. The van der Waals surface area contributed by atoms with Crippen molar-refractivity contribution in [1.82, 2.24) is 10.2 Å². The van der Waals surface area contributed by atoms with Crippen LogP contribution in [0, 0.1) is 5.92 Å². The van der Waals surface area contributed by atoms with Gasteiger partial charge < -0.3 is 10.2 Å². The quantitative estimate of drug-likeness (QED) is 0.744. The third-order valence-corrected chi connectivity index (χ3v) is 6.42. The predicted molar refractivity (Wildman–Crippen MR) is 88.3 cm³/mol. The van der Waals surface area contributed by atoms with E-state index in [0.29, 0.717) is 11.8 Å². The Kier molecular flexibility index (Phi) is 6.09. The molecule has 5 heteroatoms. The number of fused-ring (bicyclic) bond motifs is 2. The second kappa shape index (κ2) is 7.42. The van der Waals surface area contributed by atoms with Crippen LogP contribution in [0.1, 0.15) is 51.9 Å². The molecular weight excluding hydrogens is 284 g/mol. The van der Waals surface area contributed by atoms with Gasteiger partial charge in [-0.05, 0) is 64.5 Å². The van der Waals surface area contributed by atoms with E-state index in [1.54, 1.807) is 0 Å². The Morgan fingerprint density at radius 2 is 1.86 bits per heavy atom. The van der Waals surface area contributed by atoms with Crippen LogP contribution < -0.4 is 5.32 Å². The molecule has 0 aromatic rings. The van der Waals surface area contributed by atoms with Gasteiger partial charge >= 0.3 is 0 Å². The minimum absolute atomic E-state index is 0.330. The maximum Gasteiger partial charge on any atom is 0.147 e. The van der Waals surface area contributed by atoms with Crippen molar-refractivity contribution in [2.75, 3.05) is 25.6 Å². The summed E-state index contributed by atoms with van der Waals surface area (Å²) in [6.07, 6.45) is 9.55. The van der Waals surface area contributed by atoms with Gasteiger partial charge in [0.05, 0.1) is 0 Å². The van der Waals surface area contributed by atoms with E-state index in [0.717, 1.165) is 43.8 Å². The fraction of sp³-hybridized carbons (Fsp3) is 1.00. The van der Waals surface area contributed by atoms with E-state index < -0.39 is 9.84 Å². The first-order valence-electron chi connectivity index (χ1n) is 8.53. The molecule has 2 fully saturated rings. The van der Waals surface area contributed by atoms with Gasteiger partial charge in [-0.15, -0.1) is 0 Å². The van der Waals surface area contributed by atoms with Crippen molar-refractivity contribution in [1.29, 1.82) is 0 Å². The Bertz CT molecular complexity index is 410. The third-order valence-electron chi connectivity index (χ3n) is 5.39. The Balaban J connectivity index is 1.89. The molecule has 2 aliphatic heterocycles. The molecule has 0 aromatic heterocycles. The Hall–Kier alpha value is -0.130. The molecule has 2 heterocycles. The number of sulfone groups is 1. The zero-order valence-electron chi connectivity index (χ0n) is 13.8. The average Bonchev–Trinajstić information content (AvgIpc) is 2.64. The van der Waals surface area contributed by atoms with Crippen LogP contribution in [0.2, 0.25) is 0 Å². The molecule has 124 valence electrons. The highest BCUT2D eigenvalue weighted by Gasteiger charge is 2.40. The number of nitrogens with zero attached hydrogens (tertiary/aromatic N) is 1. The molecule has 3 unspecified atom stereocenters. The number of hydrogen-bond donors (Lipinski definition) is 1. The highest BCUT2D eigenvalue weighted by Crippen LogP contribution is 2.39. The zero-order valence-corrected chi connectivity index (χ0v) is 14.7. The minimum atomic E-state index is -2.82. The molecule has 3 atom stereocenters. The second-order valence-electron chi connectivity index (χ2n) is 7.11. The summed E-state index contributed by atoms with van der Waals surface area (Å²) in [7, 11) is -0.551. The summed E-state index contributed by atoms with van der Waals surface area (Å²) < 4.78 is 22.7. The van der Waals surface area contributed by atoms with Gasteiger partial charge in [-0.3, -0.25) is 0 Å². The lowest BCUT2D eigenvalue weighted by molar-refractivity contribution is 0.110. The Morgan fingerprint density at radius 1 is 1.24 bits per heavy atom. The van der Waals surface area contributed by atoms with Crippen molar-refractivity contribution in [3.05, 3.63) is 0 Å². The van der Waals surface area contributed by atoms with E-state index in [1.165, 1.54) is 31.9 Å². The molecular formula is C16H32N2O2S. The summed E-state index contributed by atoms with van der Waals surface area (Å²) in [4.78, 5) is 2.57. The van der Waals surface area contributed by atoms with Crippen LogP contribution in [-0.2, 0) is 9.84 Å². The van der Waals surface area contributed by atoms with Gasteiger partial charge in [-0.2, -0.15) is 0 Å². The van der Waals surface area contributed by atoms with E-state index in [9.17, 15) is 8.42 Å². The van der Waals surface area contributed by atoms with Crippen molar-refractivity contribution in [2.45, 2.75) is 70.0 Å². The Morgan fingerprint density at radius 3 is 2.38 bits per heavy atom. The fourth-order valence-electron chi connectivity index (χ4n) is 4.18. The van der Waals surface area contributed by atoms with Crippen molar-refractivity contribution in [2.24, 2.45) is 5.92 Å². The molecule has 21 heavy (non-hydrogen) atoms. The second-order valence-corrected chi connectivity index (χ2v) is 9.37. The van der Waals surface area contributed by atoms with Gasteiger partial charge in [-0.25, -0.2) is 8.42 Å². The lowest BCUT2D eigenvalue weighted by Crippen LogP contribution is -2.47. The van der Waals surface area contributed by atoms with Crippen molar-refractivity contribution in [3.63, 3.8) is 0 Å². The number of hydrogen-bond acceptors (Lipinski definition) is 4. The Labute approximate surface area is 130 Å². The van der Waals surface area contributed by atoms with E-state index in [1.807, 2.05) is 0 Å². The first kappa shape index (κ1) is 17.2. The molecule has 0 amide bonds. The van der Waals surface area contributed by atoms with Gasteiger partial charge in [0.1, 0.15) is 9.84 Å². The van der Waals surface area contributed by atoms with E-state index >= 15 is 0 Å². The van der Waals surface area contributed by atoms with Crippen LogP contribution in [0.25, 0.3) is 0 Å². The highest BCUT2D eigenvalue weighted by molar-refractivity contribution is 7.90. The normalized spacial score (nSPS) is 31.5. The molecule has 0 saturated carbocycles. The first-order valence-corrected chi connectivity index (χ1v) is 10.6. The van der Waals surface area contributed by atoms with Crippen LogP contribution >= 0.6 is 0 Å². The molecule has 1 N–H and O–H groups in total. The molecule has 2 bridgehead atoms. The predicted octanol–water partition coefficient (Wildman–Crippen LogP) is 2.05. The number of nitrogens with one attached hydrogen (secondary N) is 1. The molecule has 2 rings (SSSR count). The average molecular weight is 317 g/mol. The van der Waals surface area contributed by atoms with Gasteiger partial charge in [0.2, 0.25) is 0 Å². The summed E-state index contributed by atoms with van der Waals surface area (Å²) in [5, 5.41) is 3.70. The largest absolute Gasteiger partial charge is 0.314 e. The van der Waals surface area contributed by atoms with Gasteiger partial charge in [0.25, 0.3) is 0 Å². The van der Waals surface area contributed by atoms with Crippen LogP contribution in [0.3, 0.4) is 0 Å². The third kappa shape index (κ3) is 4.93. The number of rotatable bonds is 8. The summed E-state index contributed by atoms with van der Waals surface area (Å²) in [5.74, 6) is 1.06.